The van der Waals surface area contributed by atoms with Crippen LogP contribution in [0, 0.1) is 0 Å². The van der Waals surface area contributed by atoms with Crippen molar-refractivity contribution in [2.24, 2.45) is 0 Å². The van der Waals surface area contributed by atoms with Gasteiger partial charge in [-0.1, -0.05) is 24.3 Å². The Hall–Kier alpha value is -2.83. The van der Waals surface area contributed by atoms with Crippen LogP contribution in [0.2, 0.25) is 0 Å². The van der Waals surface area contributed by atoms with Gasteiger partial charge >= 0.3 is 0 Å². The zero-order valence-electron chi connectivity index (χ0n) is 17.0. The van der Waals surface area contributed by atoms with Crippen LogP contribution in [0.5, 0.6) is 11.5 Å². The van der Waals surface area contributed by atoms with E-state index in [0.29, 0.717) is 12.3 Å². The van der Waals surface area contributed by atoms with Crippen LogP contribution in [0.1, 0.15) is 24.1 Å². The van der Waals surface area contributed by atoms with Gasteiger partial charge in [0.05, 0.1) is 24.5 Å². The molecule has 2 N–H and O–H groups in total. The molecule has 1 aromatic heterocycles. The fraction of sp³-hybridized carbons (Fsp3) is 0.375. The van der Waals surface area contributed by atoms with Gasteiger partial charge in [-0.2, -0.15) is 0 Å². The third kappa shape index (κ3) is 3.46. The molecule has 6 nitrogen and oxygen atoms in total. The number of fused-ring (bicyclic) bond motifs is 1. The third-order valence-corrected chi connectivity index (χ3v) is 6.14. The second kappa shape index (κ2) is 8.13. The van der Waals surface area contributed by atoms with E-state index in [1.54, 1.807) is 6.07 Å². The highest BCUT2D eigenvalue weighted by Gasteiger charge is 2.25. The van der Waals surface area contributed by atoms with E-state index in [9.17, 15) is 10.2 Å². The number of nitrogens with zero attached hydrogens (tertiary/aromatic N) is 3. The molecular formula is C24H27N3O3. The molecule has 2 aliphatic heterocycles. The van der Waals surface area contributed by atoms with Gasteiger partial charge in [0, 0.05) is 43.0 Å². The van der Waals surface area contributed by atoms with Crippen molar-refractivity contribution in [2.45, 2.75) is 32.4 Å². The van der Waals surface area contributed by atoms with E-state index in [1.807, 2.05) is 36.4 Å². The minimum Gasteiger partial charge on any atom is -0.507 e. The standard InChI is InChI=1S/C24H27N3O3/c28-21-10-2-1-7-18(21)22-20-9-3-4-11-27(20)24(25-22)19-8-5-6-17(23(19)29)16-26-12-14-30-15-13-26/h1-2,5-8,10,28-29H,3-4,9,11-16H2. The van der Waals surface area contributed by atoms with Crippen molar-refractivity contribution in [3.05, 3.63) is 53.7 Å². The number of ether oxygens (including phenoxy) is 1. The number of benzene rings is 2. The predicted octanol–water partition coefficient (Wildman–Crippen LogP) is 3.80. The van der Waals surface area contributed by atoms with Crippen molar-refractivity contribution in [3.8, 4) is 34.1 Å². The molecule has 0 radical (unpaired) electrons. The molecular weight excluding hydrogens is 378 g/mol. The van der Waals surface area contributed by atoms with Crippen LogP contribution >= 0.6 is 0 Å². The van der Waals surface area contributed by atoms with Crippen molar-refractivity contribution >= 4 is 0 Å². The molecule has 0 spiro atoms. The number of aromatic hydroxyl groups is 2. The highest BCUT2D eigenvalue weighted by Crippen LogP contribution is 2.39. The first-order chi connectivity index (χ1) is 14.7. The molecule has 0 unspecified atom stereocenters. The molecule has 0 atom stereocenters. The Kier molecular flexibility index (Phi) is 5.19. The number of aromatic nitrogens is 2. The lowest BCUT2D eigenvalue weighted by molar-refractivity contribution is 0.0339. The summed E-state index contributed by atoms with van der Waals surface area (Å²) >= 11 is 0. The minimum absolute atomic E-state index is 0.237. The molecule has 3 aromatic rings. The lowest BCUT2D eigenvalue weighted by Crippen LogP contribution is -2.35. The van der Waals surface area contributed by atoms with Gasteiger partial charge < -0.3 is 19.5 Å². The monoisotopic (exact) mass is 405 g/mol. The van der Waals surface area contributed by atoms with E-state index in [-0.39, 0.29) is 5.75 Å². The van der Waals surface area contributed by atoms with E-state index >= 15 is 0 Å². The first kappa shape index (κ1) is 19.2. The first-order valence-electron chi connectivity index (χ1n) is 10.7. The number of para-hydroxylation sites is 2. The topological polar surface area (TPSA) is 70.8 Å². The second-order valence-electron chi connectivity index (χ2n) is 8.06. The summed E-state index contributed by atoms with van der Waals surface area (Å²) in [5.41, 5.74) is 4.37. The molecule has 2 aliphatic rings. The largest absolute Gasteiger partial charge is 0.507 e. The van der Waals surface area contributed by atoms with Gasteiger partial charge in [-0.25, -0.2) is 4.98 Å². The summed E-state index contributed by atoms with van der Waals surface area (Å²) in [5, 5.41) is 21.6. The fourth-order valence-corrected chi connectivity index (χ4v) is 4.54. The van der Waals surface area contributed by atoms with Gasteiger partial charge in [0.1, 0.15) is 17.3 Å². The van der Waals surface area contributed by atoms with E-state index in [2.05, 4.69) is 9.47 Å². The van der Waals surface area contributed by atoms with Gasteiger partial charge in [-0.3, -0.25) is 4.90 Å². The number of hydrogen-bond donors (Lipinski definition) is 2. The van der Waals surface area contributed by atoms with Crippen molar-refractivity contribution in [2.75, 3.05) is 26.3 Å². The molecule has 0 aliphatic carbocycles. The van der Waals surface area contributed by atoms with Gasteiger partial charge in [-0.15, -0.1) is 0 Å². The normalized spacial score (nSPS) is 17.1. The van der Waals surface area contributed by atoms with Crippen LogP contribution in [0.25, 0.3) is 22.6 Å². The van der Waals surface area contributed by atoms with Crippen LogP contribution in [-0.2, 0) is 24.2 Å². The molecule has 0 bridgehead atoms. The van der Waals surface area contributed by atoms with E-state index in [4.69, 9.17) is 9.72 Å². The molecule has 6 heteroatoms. The van der Waals surface area contributed by atoms with E-state index in [1.165, 1.54) is 0 Å². The average molecular weight is 405 g/mol. The summed E-state index contributed by atoms with van der Waals surface area (Å²) in [6.45, 7) is 4.79. The highest BCUT2D eigenvalue weighted by atomic mass is 16.5. The van der Waals surface area contributed by atoms with Crippen LogP contribution in [0.4, 0.5) is 0 Å². The summed E-state index contributed by atoms with van der Waals surface area (Å²) in [5.74, 6) is 1.32. The molecule has 5 rings (SSSR count). The summed E-state index contributed by atoms with van der Waals surface area (Å²) in [7, 11) is 0. The Bertz CT molecular complexity index is 1050. The Morgan fingerprint density at radius 2 is 1.70 bits per heavy atom. The van der Waals surface area contributed by atoms with Gasteiger partial charge in [-0.05, 0) is 37.5 Å². The van der Waals surface area contributed by atoms with Gasteiger partial charge in [0.15, 0.2) is 0 Å². The minimum atomic E-state index is 0.237. The highest BCUT2D eigenvalue weighted by molar-refractivity contribution is 5.75. The molecule has 1 fully saturated rings. The zero-order chi connectivity index (χ0) is 20.5. The molecule has 0 saturated carbocycles. The summed E-state index contributed by atoms with van der Waals surface area (Å²) in [4.78, 5) is 7.25. The van der Waals surface area contributed by atoms with Crippen LogP contribution in [-0.4, -0.2) is 51.0 Å². The van der Waals surface area contributed by atoms with Crippen LogP contribution in [0.15, 0.2) is 42.5 Å². The molecule has 30 heavy (non-hydrogen) atoms. The lowest BCUT2D eigenvalue weighted by atomic mass is 10.0. The summed E-state index contributed by atoms with van der Waals surface area (Å²) < 4.78 is 7.66. The average Bonchev–Trinajstić information content (AvgIpc) is 3.16. The summed E-state index contributed by atoms with van der Waals surface area (Å²) in [6, 6.07) is 13.3. The van der Waals surface area contributed by atoms with E-state index in [0.717, 1.165) is 86.0 Å². The maximum absolute atomic E-state index is 11.1. The maximum atomic E-state index is 11.1. The summed E-state index contributed by atoms with van der Waals surface area (Å²) in [6.07, 6.45) is 3.12. The predicted molar refractivity (Wildman–Crippen MR) is 115 cm³/mol. The number of morpholine rings is 1. The molecule has 3 heterocycles. The molecule has 2 aromatic carbocycles. The quantitative estimate of drug-likeness (QED) is 0.691. The van der Waals surface area contributed by atoms with Crippen molar-refractivity contribution in [3.63, 3.8) is 0 Å². The second-order valence-corrected chi connectivity index (χ2v) is 8.06. The number of hydrogen-bond acceptors (Lipinski definition) is 5. The Morgan fingerprint density at radius 1 is 0.900 bits per heavy atom. The molecule has 156 valence electrons. The number of phenols is 2. The number of imidazole rings is 1. The van der Waals surface area contributed by atoms with Crippen molar-refractivity contribution < 1.29 is 14.9 Å². The van der Waals surface area contributed by atoms with E-state index < -0.39 is 0 Å². The van der Waals surface area contributed by atoms with Crippen LogP contribution < -0.4 is 0 Å². The molecule has 1 saturated heterocycles. The number of rotatable bonds is 4. The Labute approximate surface area is 176 Å². The van der Waals surface area contributed by atoms with Gasteiger partial charge in [0.2, 0.25) is 0 Å². The van der Waals surface area contributed by atoms with Crippen LogP contribution in [0.3, 0.4) is 0 Å². The number of phenolic OH excluding ortho intramolecular Hbond substituents is 2. The zero-order valence-corrected chi connectivity index (χ0v) is 17.0. The van der Waals surface area contributed by atoms with Gasteiger partial charge in [0.25, 0.3) is 0 Å². The first-order valence-corrected chi connectivity index (χ1v) is 10.7. The Balaban J connectivity index is 1.57. The third-order valence-electron chi connectivity index (χ3n) is 6.14. The Morgan fingerprint density at radius 3 is 2.53 bits per heavy atom. The molecule has 0 amide bonds. The van der Waals surface area contributed by atoms with Crippen molar-refractivity contribution in [1.82, 2.24) is 14.5 Å². The fourth-order valence-electron chi connectivity index (χ4n) is 4.54. The lowest BCUT2D eigenvalue weighted by Gasteiger charge is -2.27. The maximum Gasteiger partial charge on any atom is 0.144 e. The SMILES string of the molecule is Oc1ccccc1-c1nc(-c2cccc(CN3CCOCC3)c2O)n2c1CCCC2. The smallest absolute Gasteiger partial charge is 0.144 e. The van der Waals surface area contributed by atoms with Crippen molar-refractivity contribution in [1.29, 1.82) is 0 Å².